The van der Waals surface area contributed by atoms with Gasteiger partial charge in [-0.15, -0.1) is 11.8 Å². The Morgan fingerprint density at radius 3 is 2.33 bits per heavy atom. The summed E-state index contributed by atoms with van der Waals surface area (Å²) >= 11 is 1.76. The third-order valence-electron chi connectivity index (χ3n) is 5.13. The van der Waals surface area contributed by atoms with E-state index in [1.54, 1.807) is 11.8 Å². The van der Waals surface area contributed by atoms with E-state index in [4.69, 9.17) is 0 Å². The normalized spacial score (nSPS) is 22.2. The highest BCUT2D eigenvalue weighted by Crippen LogP contribution is 2.53. The number of hydrogen-bond donors (Lipinski definition) is 0. The molecule has 1 unspecified atom stereocenters. The van der Waals surface area contributed by atoms with Gasteiger partial charge in [-0.3, -0.25) is 4.79 Å². The molecule has 0 radical (unpaired) electrons. The summed E-state index contributed by atoms with van der Waals surface area (Å²) < 4.78 is -0.195. The summed E-state index contributed by atoms with van der Waals surface area (Å²) in [7, 11) is 0. The zero-order valence-electron chi connectivity index (χ0n) is 13.9. The average molecular weight is 337 g/mol. The molecule has 1 atom stereocenters. The maximum Gasteiger partial charge on any atom is 0.239 e. The summed E-state index contributed by atoms with van der Waals surface area (Å²) in [5.41, 5.74) is 1.37. The monoisotopic (exact) mass is 337 g/mol. The summed E-state index contributed by atoms with van der Waals surface area (Å²) in [5.74, 6) is 0.846. The topological polar surface area (TPSA) is 20.3 Å². The number of carbonyl (C=O) groups is 1. The highest BCUT2D eigenvalue weighted by Gasteiger charge is 2.53. The number of carbonyl (C=O) groups excluding carboxylic acids is 1. The van der Waals surface area contributed by atoms with Crippen molar-refractivity contribution in [1.82, 2.24) is 4.90 Å². The first-order chi connectivity index (χ1) is 11.8. The molecule has 0 bridgehead atoms. The van der Waals surface area contributed by atoms with Gasteiger partial charge in [-0.2, -0.15) is 0 Å². The molecule has 4 rings (SSSR count). The van der Waals surface area contributed by atoms with Crippen LogP contribution in [0.25, 0.3) is 0 Å². The van der Waals surface area contributed by atoms with Gasteiger partial charge in [0, 0.05) is 23.9 Å². The van der Waals surface area contributed by atoms with E-state index < -0.39 is 0 Å². The second kappa shape index (κ2) is 6.64. The number of amides is 1. The predicted molar refractivity (Wildman–Crippen MR) is 99.3 cm³/mol. The van der Waals surface area contributed by atoms with E-state index in [0.29, 0.717) is 11.8 Å². The lowest BCUT2D eigenvalue weighted by atomic mass is 9.90. The minimum absolute atomic E-state index is 0.195. The lowest BCUT2D eigenvalue weighted by Crippen LogP contribution is -2.44. The Morgan fingerprint density at radius 2 is 1.67 bits per heavy atom. The number of thioether (sulfide) groups is 1. The summed E-state index contributed by atoms with van der Waals surface area (Å²) in [6, 6.07) is 21.0. The van der Waals surface area contributed by atoms with E-state index in [-0.39, 0.29) is 4.75 Å². The molecular weight excluding hydrogens is 314 g/mol. The minimum Gasteiger partial charge on any atom is -0.341 e. The zero-order chi connectivity index (χ0) is 16.4. The van der Waals surface area contributed by atoms with Crippen LogP contribution in [0.3, 0.4) is 0 Å². The molecular formula is C21H23NOS. The van der Waals surface area contributed by atoms with E-state index in [9.17, 15) is 4.79 Å². The van der Waals surface area contributed by atoms with E-state index in [0.717, 1.165) is 32.4 Å². The number of likely N-dealkylation sites (tertiary alicyclic amines) is 1. The van der Waals surface area contributed by atoms with Crippen LogP contribution in [0.4, 0.5) is 0 Å². The third-order valence-corrected chi connectivity index (χ3v) is 6.61. The molecule has 1 amide bonds. The van der Waals surface area contributed by atoms with Crippen molar-refractivity contribution < 1.29 is 4.79 Å². The van der Waals surface area contributed by atoms with Crippen molar-refractivity contribution >= 4 is 17.7 Å². The van der Waals surface area contributed by atoms with Crippen LogP contribution in [0, 0.1) is 0 Å². The summed E-state index contributed by atoms with van der Waals surface area (Å²) in [6.07, 6.45) is 4.32. The van der Waals surface area contributed by atoms with Gasteiger partial charge in [0.1, 0.15) is 0 Å². The van der Waals surface area contributed by atoms with E-state index in [1.165, 1.54) is 16.9 Å². The van der Waals surface area contributed by atoms with Gasteiger partial charge in [0.05, 0.1) is 4.75 Å². The largest absolute Gasteiger partial charge is 0.341 e. The molecule has 0 spiro atoms. The van der Waals surface area contributed by atoms with Crippen molar-refractivity contribution in [2.45, 2.75) is 41.2 Å². The minimum atomic E-state index is -0.195. The fraction of sp³-hybridized carbons (Fsp3) is 0.381. The Bertz CT molecular complexity index is 696. The van der Waals surface area contributed by atoms with Crippen LogP contribution < -0.4 is 0 Å². The summed E-state index contributed by atoms with van der Waals surface area (Å²) in [5, 5.41) is 0. The Kier molecular flexibility index (Phi) is 4.36. The molecule has 1 aliphatic carbocycles. The van der Waals surface area contributed by atoms with Crippen LogP contribution >= 0.6 is 11.8 Å². The molecule has 1 heterocycles. The van der Waals surface area contributed by atoms with Gasteiger partial charge in [0.2, 0.25) is 5.91 Å². The summed E-state index contributed by atoms with van der Waals surface area (Å²) in [6.45, 7) is 1.79. The van der Waals surface area contributed by atoms with Crippen LogP contribution in [0.1, 0.15) is 37.2 Å². The zero-order valence-corrected chi connectivity index (χ0v) is 14.7. The molecule has 1 aliphatic heterocycles. The first-order valence-electron chi connectivity index (χ1n) is 8.85. The van der Waals surface area contributed by atoms with E-state index >= 15 is 0 Å². The van der Waals surface area contributed by atoms with Crippen molar-refractivity contribution in [2.24, 2.45) is 0 Å². The molecule has 2 aliphatic rings. The standard InChI is InChI=1S/C21H23NOS/c23-20(21(13-14-21)24-19-11-5-2-6-12-19)22-15-7-10-18(16-22)17-8-3-1-4-9-17/h1-6,8-9,11-12,18H,7,10,13-16H2. The molecule has 1 saturated carbocycles. The number of benzene rings is 2. The number of hydrogen-bond acceptors (Lipinski definition) is 2. The fourth-order valence-corrected chi connectivity index (χ4v) is 4.90. The average Bonchev–Trinajstić information content (AvgIpc) is 3.43. The first-order valence-corrected chi connectivity index (χ1v) is 9.67. The smallest absolute Gasteiger partial charge is 0.239 e. The molecule has 3 heteroatoms. The molecule has 2 aromatic carbocycles. The van der Waals surface area contributed by atoms with Crippen LogP contribution in [0.5, 0.6) is 0 Å². The van der Waals surface area contributed by atoms with E-state index in [2.05, 4.69) is 59.5 Å². The van der Waals surface area contributed by atoms with Crippen LogP contribution in [0.2, 0.25) is 0 Å². The van der Waals surface area contributed by atoms with Crippen molar-refractivity contribution in [3.63, 3.8) is 0 Å². The molecule has 1 saturated heterocycles. The lowest BCUT2D eigenvalue weighted by molar-refractivity contribution is -0.132. The van der Waals surface area contributed by atoms with Gasteiger partial charge in [0.25, 0.3) is 0 Å². The Hall–Kier alpha value is -1.74. The SMILES string of the molecule is O=C(N1CCCC(c2ccccc2)C1)C1(Sc2ccccc2)CC1. The van der Waals surface area contributed by atoms with Gasteiger partial charge in [-0.05, 0) is 43.4 Å². The molecule has 0 aromatic heterocycles. The fourth-order valence-electron chi connectivity index (χ4n) is 3.63. The molecule has 2 aromatic rings. The van der Waals surface area contributed by atoms with Gasteiger partial charge < -0.3 is 4.90 Å². The van der Waals surface area contributed by atoms with Crippen molar-refractivity contribution in [1.29, 1.82) is 0 Å². The van der Waals surface area contributed by atoms with Crippen LogP contribution in [-0.2, 0) is 4.79 Å². The highest BCUT2D eigenvalue weighted by atomic mass is 32.2. The van der Waals surface area contributed by atoms with Gasteiger partial charge in [0.15, 0.2) is 0 Å². The first kappa shape index (κ1) is 15.8. The third kappa shape index (κ3) is 3.23. The van der Waals surface area contributed by atoms with Gasteiger partial charge in [-0.25, -0.2) is 0 Å². The summed E-state index contributed by atoms with van der Waals surface area (Å²) in [4.78, 5) is 16.5. The molecule has 124 valence electrons. The molecule has 24 heavy (non-hydrogen) atoms. The maximum absolute atomic E-state index is 13.2. The maximum atomic E-state index is 13.2. The van der Waals surface area contributed by atoms with Crippen molar-refractivity contribution in [3.8, 4) is 0 Å². The Labute approximate surface area is 148 Å². The number of rotatable bonds is 4. The number of nitrogens with zero attached hydrogens (tertiary/aromatic N) is 1. The second-order valence-corrected chi connectivity index (χ2v) is 8.37. The molecule has 2 nitrogen and oxygen atoms in total. The quantitative estimate of drug-likeness (QED) is 0.805. The second-order valence-electron chi connectivity index (χ2n) is 6.91. The molecule has 0 N–H and O–H groups in total. The van der Waals surface area contributed by atoms with Crippen molar-refractivity contribution in [3.05, 3.63) is 66.2 Å². The molecule has 2 fully saturated rings. The van der Waals surface area contributed by atoms with E-state index in [1.807, 2.05) is 6.07 Å². The predicted octanol–water partition coefficient (Wildman–Crippen LogP) is 4.72. The Balaban J connectivity index is 1.46. The van der Waals surface area contributed by atoms with Gasteiger partial charge in [-0.1, -0.05) is 48.5 Å². The Morgan fingerprint density at radius 1 is 1.00 bits per heavy atom. The van der Waals surface area contributed by atoms with Crippen LogP contribution in [0.15, 0.2) is 65.6 Å². The highest BCUT2D eigenvalue weighted by molar-refractivity contribution is 8.01. The van der Waals surface area contributed by atoms with Gasteiger partial charge >= 0.3 is 0 Å². The van der Waals surface area contributed by atoms with Crippen molar-refractivity contribution in [2.75, 3.05) is 13.1 Å². The lowest BCUT2D eigenvalue weighted by Gasteiger charge is -2.35. The van der Waals surface area contributed by atoms with Crippen LogP contribution in [-0.4, -0.2) is 28.6 Å². The number of piperidine rings is 1.